The van der Waals surface area contributed by atoms with Crippen LogP contribution in [0.2, 0.25) is 5.02 Å². The first kappa shape index (κ1) is 15.2. The third-order valence-corrected chi connectivity index (χ3v) is 3.79. The van der Waals surface area contributed by atoms with Crippen LogP contribution in [-0.2, 0) is 12.9 Å². The molecule has 0 radical (unpaired) electrons. The highest BCUT2D eigenvalue weighted by molar-refractivity contribution is 6.31. The van der Waals surface area contributed by atoms with Gasteiger partial charge >= 0.3 is 0 Å². The second-order valence-electron chi connectivity index (χ2n) is 4.67. The summed E-state index contributed by atoms with van der Waals surface area (Å²) in [4.78, 5) is 12.3. The average Bonchev–Trinajstić information content (AvgIpc) is 2.44. The van der Waals surface area contributed by atoms with Gasteiger partial charge < -0.3 is 9.30 Å². The largest absolute Gasteiger partial charge is 0.491 e. The van der Waals surface area contributed by atoms with E-state index in [1.54, 1.807) is 29.8 Å². The zero-order valence-corrected chi connectivity index (χ0v) is 13.1. The molecule has 0 atom stereocenters. The van der Waals surface area contributed by atoms with Gasteiger partial charge in [-0.2, -0.15) is 0 Å². The Kier molecular flexibility index (Phi) is 4.95. The number of halogens is 2. The maximum atomic E-state index is 12.3. The minimum atomic E-state index is -0.0878. The van der Waals surface area contributed by atoms with Gasteiger partial charge in [0.15, 0.2) is 0 Å². The van der Waals surface area contributed by atoms with Crippen molar-refractivity contribution in [3.8, 4) is 5.75 Å². The van der Waals surface area contributed by atoms with E-state index in [1.807, 2.05) is 0 Å². The number of hydrogen-bond donors (Lipinski definition) is 0. The maximum Gasteiger partial charge on any atom is 0.258 e. The van der Waals surface area contributed by atoms with Gasteiger partial charge in [0, 0.05) is 17.5 Å². The van der Waals surface area contributed by atoms with Crippen molar-refractivity contribution in [2.75, 3.05) is 6.61 Å². The van der Waals surface area contributed by atoms with Gasteiger partial charge in [-0.05, 0) is 24.6 Å². The molecule has 0 saturated heterocycles. The summed E-state index contributed by atoms with van der Waals surface area (Å²) in [5.41, 5.74) is 0.595. The van der Waals surface area contributed by atoms with Crippen molar-refractivity contribution in [3.63, 3.8) is 0 Å². The standard InChI is InChI=1S/C15H17Cl2NO2/c1-3-4-7-20-14-12-8-10(17)5-6-11(12)15(19)18(2)13(14)9-16/h5-6,8H,3-4,7,9H2,1-2H3. The molecule has 20 heavy (non-hydrogen) atoms. The Morgan fingerprint density at radius 1 is 1.30 bits per heavy atom. The Bertz CT molecular complexity index is 680. The van der Waals surface area contributed by atoms with Crippen LogP contribution in [0, 0.1) is 0 Å². The molecule has 0 amide bonds. The number of ether oxygens (including phenoxy) is 1. The SMILES string of the molecule is CCCCOc1c(CCl)n(C)c(=O)c2ccc(Cl)cc12. The summed E-state index contributed by atoms with van der Waals surface area (Å²) in [7, 11) is 1.71. The quantitative estimate of drug-likeness (QED) is 0.614. The summed E-state index contributed by atoms with van der Waals surface area (Å²) in [6, 6.07) is 5.20. The summed E-state index contributed by atoms with van der Waals surface area (Å²) in [6.45, 7) is 2.70. The number of unbranched alkanes of at least 4 members (excludes halogenated alkanes) is 1. The second kappa shape index (κ2) is 6.51. The fraction of sp³-hybridized carbons (Fsp3) is 0.400. The number of fused-ring (bicyclic) bond motifs is 1. The molecule has 1 aromatic carbocycles. The summed E-state index contributed by atoms with van der Waals surface area (Å²) in [5.74, 6) is 0.878. The first-order valence-electron chi connectivity index (χ1n) is 6.60. The zero-order chi connectivity index (χ0) is 14.7. The fourth-order valence-corrected chi connectivity index (χ4v) is 2.60. The van der Waals surface area contributed by atoms with Crippen LogP contribution in [0.1, 0.15) is 25.5 Å². The Balaban J connectivity index is 2.69. The number of benzene rings is 1. The lowest BCUT2D eigenvalue weighted by molar-refractivity contribution is 0.307. The molecule has 5 heteroatoms. The lowest BCUT2D eigenvalue weighted by Crippen LogP contribution is -2.21. The van der Waals surface area contributed by atoms with Crippen molar-refractivity contribution >= 4 is 34.0 Å². The lowest BCUT2D eigenvalue weighted by Gasteiger charge is -2.16. The molecule has 1 aromatic heterocycles. The molecule has 0 aliphatic carbocycles. The van der Waals surface area contributed by atoms with Crippen molar-refractivity contribution < 1.29 is 4.74 Å². The maximum absolute atomic E-state index is 12.3. The molecule has 0 unspecified atom stereocenters. The smallest absolute Gasteiger partial charge is 0.258 e. The van der Waals surface area contributed by atoms with Crippen LogP contribution in [0.4, 0.5) is 0 Å². The van der Waals surface area contributed by atoms with Gasteiger partial charge in [-0.15, -0.1) is 11.6 Å². The molecule has 2 aromatic rings. The van der Waals surface area contributed by atoms with E-state index in [2.05, 4.69) is 6.92 Å². The first-order valence-corrected chi connectivity index (χ1v) is 7.51. The molecule has 0 fully saturated rings. The highest BCUT2D eigenvalue weighted by atomic mass is 35.5. The summed E-state index contributed by atoms with van der Waals surface area (Å²) < 4.78 is 7.42. The molecule has 3 nitrogen and oxygen atoms in total. The number of nitrogens with zero attached hydrogens (tertiary/aromatic N) is 1. The van der Waals surface area contributed by atoms with Crippen LogP contribution in [0.5, 0.6) is 5.75 Å². The van der Waals surface area contributed by atoms with Crippen LogP contribution in [0.3, 0.4) is 0 Å². The van der Waals surface area contributed by atoms with Crippen LogP contribution in [-0.4, -0.2) is 11.2 Å². The van der Waals surface area contributed by atoms with E-state index >= 15 is 0 Å². The van der Waals surface area contributed by atoms with Gasteiger partial charge in [0.2, 0.25) is 0 Å². The Morgan fingerprint density at radius 2 is 2.05 bits per heavy atom. The van der Waals surface area contributed by atoms with Crippen molar-refractivity contribution in [2.24, 2.45) is 7.05 Å². The predicted molar refractivity (Wildman–Crippen MR) is 84.2 cm³/mol. The van der Waals surface area contributed by atoms with E-state index in [1.165, 1.54) is 0 Å². The molecule has 108 valence electrons. The molecular weight excluding hydrogens is 297 g/mol. The normalized spacial score (nSPS) is 11.0. The predicted octanol–water partition coefficient (Wildman–Crippen LogP) is 4.11. The van der Waals surface area contributed by atoms with E-state index in [4.69, 9.17) is 27.9 Å². The van der Waals surface area contributed by atoms with Crippen molar-refractivity contribution in [1.82, 2.24) is 4.57 Å². The summed E-state index contributed by atoms with van der Waals surface area (Å²) in [6.07, 6.45) is 1.99. The molecule has 0 spiro atoms. The van der Waals surface area contributed by atoms with E-state index < -0.39 is 0 Å². The molecule has 0 aliphatic heterocycles. The Labute approximate surface area is 128 Å². The third-order valence-electron chi connectivity index (χ3n) is 3.30. The molecular formula is C15H17Cl2NO2. The number of aromatic nitrogens is 1. The van der Waals surface area contributed by atoms with E-state index in [9.17, 15) is 4.79 Å². The molecule has 1 heterocycles. The molecule has 0 N–H and O–H groups in total. The van der Waals surface area contributed by atoms with Crippen molar-refractivity contribution in [1.29, 1.82) is 0 Å². The van der Waals surface area contributed by atoms with Gasteiger partial charge in [-0.1, -0.05) is 24.9 Å². The van der Waals surface area contributed by atoms with Crippen LogP contribution in [0.15, 0.2) is 23.0 Å². The van der Waals surface area contributed by atoms with E-state index in [-0.39, 0.29) is 11.4 Å². The molecule has 0 saturated carbocycles. The van der Waals surface area contributed by atoms with Gasteiger partial charge in [-0.3, -0.25) is 4.79 Å². The average molecular weight is 314 g/mol. The number of alkyl halides is 1. The first-order chi connectivity index (χ1) is 9.60. The van der Waals surface area contributed by atoms with Crippen LogP contribution >= 0.6 is 23.2 Å². The molecule has 2 rings (SSSR count). The minimum absolute atomic E-state index is 0.0878. The van der Waals surface area contributed by atoms with Gasteiger partial charge in [0.1, 0.15) is 5.75 Å². The van der Waals surface area contributed by atoms with Crippen molar-refractivity contribution in [3.05, 3.63) is 39.3 Å². The number of pyridine rings is 1. The van der Waals surface area contributed by atoms with Crippen LogP contribution < -0.4 is 10.3 Å². The van der Waals surface area contributed by atoms with E-state index in [0.29, 0.717) is 28.5 Å². The number of hydrogen-bond acceptors (Lipinski definition) is 2. The van der Waals surface area contributed by atoms with Crippen molar-refractivity contribution in [2.45, 2.75) is 25.6 Å². The van der Waals surface area contributed by atoms with Gasteiger partial charge in [0.05, 0.1) is 23.6 Å². The Hall–Kier alpha value is -1.19. The second-order valence-corrected chi connectivity index (χ2v) is 5.37. The molecule has 0 bridgehead atoms. The summed E-state index contributed by atoms with van der Waals surface area (Å²) in [5, 5.41) is 1.90. The fourth-order valence-electron chi connectivity index (χ4n) is 2.13. The third kappa shape index (κ3) is 2.79. The summed E-state index contributed by atoms with van der Waals surface area (Å²) >= 11 is 12.0. The van der Waals surface area contributed by atoms with Crippen LogP contribution in [0.25, 0.3) is 10.8 Å². The Morgan fingerprint density at radius 3 is 2.70 bits per heavy atom. The highest BCUT2D eigenvalue weighted by Gasteiger charge is 2.15. The molecule has 0 aliphatic rings. The topological polar surface area (TPSA) is 31.2 Å². The lowest BCUT2D eigenvalue weighted by atomic mass is 10.1. The zero-order valence-electron chi connectivity index (χ0n) is 11.6. The van der Waals surface area contributed by atoms with Gasteiger partial charge in [0.25, 0.3) is 5.56 Å². The highest BCUT2D eigenvalue weighted by Crippen LogP contribution is 2.30. The minimum Gasteiger partial charge on any atom is -0.491 e. The van der Waals surface area contributed by atoms with E-state index in [0.717, 1.165) is 18.2 Å². The van der Waals surface area contributed by atoms with Gasteiger partial charge in [-0.25, -0.2) is 0 Å². The monoisotopic (exact) mass is 313 g/mol. The number of rotatable bonds is 5.